The highest BCUT2D eigenvalue weighted by molar-refractivity contribution is 6.30. The molecule has 0 heterocycles. The highest BCUT2D eigenvalue weighted by atomic mass is 35.5. The quantitative estimate of drug-likeness (QED) is 0.871. The summed E-state index contributed by atoms with van der Waals surface area (Å²) in [6.07, 6.45) is 2.39. The van der Waals surface area contributed by atoms with Gasteiger partial charge in [0.15, 0.2) is 0 Å². The topological polar surface area (TPSA) is 12.0 Å². The van der Waals surface area contributed by atoms with Crippen LogP contribution in [-0.4, -0.2) is 0 Å². The number of rotatable bonds is 3. The molecule has 1 aliphatic rings. The molecule has 0 saturated carbocycles. The van der Waals surface area contributed by atoms with Gasteiger partial charge in [-0.2, -0.15) is 0 Å². The first-order chi connectivity index (χ1) is 9.22. The highest BCUT2D eigenvalue weighted by Gasteiger charge is 2.21. The van der Waals surface area contributed by atoms with Crippen molar-refractivity contribution in [1.29, 1.82) is 0 Å². The minimum absolute atomic E-state index is 0.491. The molecule has 98 valence electrons. The van der Waals surface area contributed by atoms with Crippen molar-refractivity contribution in [1.82, 2.24) is 5.32 Å². The van der Waals surface area contributed by atoms with Gasteiger partial charge in [-0.05, 0) is 48.6 Å². The number of hydrogen-bond donors (Lipinski definition) is 1. The van der Waals surface area contributed by atoms with Gasteiger partial charge in [-0.25, -0.2) is 0 Å². The van der Waals surface area contributed by atoms with Crippen LogP contribution in [0.4, 0.5) is 0 Å². The molecule has 1 unspecified atom stereocenters. The monoisotopic (exact) mass is 271 g/mol. The van der Waals surface area contributed by atoms with Gasteiger partial charge in [0.25, 0.3) is 0 Å². The molecule has 1 atom stereocenters. The predicted octanol–water partition coefficient (Wildman–Crippen LogP) is 4.43. The summed E-state index contributed by atoms with van der Waals surface area (Å²) in [6, 6.07) is 15.4. The zero-order valence-corrected chi connectivity index (χ0v) is 11.9. The minimum Gasteiger partial charge on any atom is -0.306 e. The Morgan fingerprint density at radius 1 is 1.16 bits per heavy atom. The first-order valence-electron chi connectivity index (χ1n) is 6.79. The lowest BCUT2D eigenvalue weighted by Gasteiger charge is -2.14. The van der Waals surface area contributed by atoms with E-state index in [1.165, 1.54) is 35.1 Å². The van der Waals surface area contributed by atoms with Crippen molar-refractivity contribution < 1.29 is 0 Å². The van der Waals surface area contributed by atoms with Crippen LogP contribution < -0.4 is 5.32 Å². The summed E-state index contributed by atoms with van der Waals surface area (Å²) in [5, 5.41) is 4.45. The largest absolute Gasteiger partial charge is 0.306 e. The first-order valence-corrected chi connectivity index (χ1v) is 7.17. The van der Waals surface area contributed by atoms with Gasteiger partial charge in [-0.15, -0.1) is 0 Å². The van der Waals surface area contributed by atoms with Crippen molar-refractivity contribution in [2.75, 3.05) is 0 Å². The Bertz CT molecular complexity index is 574. The summed E-state index contributed by atoms with van der Waals surface area (Å²) in [4.78, 5) is 0. The Kier molecular flexibility index (Phi) is 3.58. The smallest absolute Gasteiger partial charge is 0.0406 e. The maximum Gasteiger partial charge on any atom is 0.0406 e. The summed E-state index contributed by atoms with van der Waals surface area (Å²) < 4.78 is 0. The standard InChI is InChI=1S/C17H18ClN/c1-12-2-5-14-6-9-17(16(14)10-12)19-11-13-3-7-15(18)8-4-13/h2-5,7-8,10,17,19H,6,9,11H2,1H3. The molecule has 1 nitrogen and oxygen atoms in total. The molecule has 0 aromatic heterocycles. The van der Waals surface area contributed by atoms with E-state index in [1.54, 1.807) is 0 Å². The summed E-state index contributed by atoms with van der Waals surface area (Å²) >= 11 is 5.90. The van der Waals surface area contributed by atoms with Crippen LogP contribution in [0, 0.1) is 6.92 Å². The van der Waals surface area contributed by atoms with Crippen LogP contribution in [0.15, 0.2) is 42.5 Å². The molecule has 0 spiro atoms. The maximum absolute atomic E-state index is 5.90. The first kappa shape index (κ1) is 12.7. The number of halogens is 1. The number of hydrogen-bond acceptors (Lipinski definition) is 1. The molecule has 19 heavy (non-hydrogen) atoms. The fourth-order valence-corrected chi connectivity index (χ4v) is 2.90. The average Bonchev–Trinajstić information content (AvgIpc) is 2.80. The molecule has 3 rings (SSSR count). The Morgan fingerprint density at radius 2 is 1.95 bits per heavy atom. The number of fused-ring (bicyclic) bond motifs is 1. The van der Waals surface area contributed by atoms with E-state index in [-0.39, 0.29) is 0 Å². The molecule has 0 bridgehead atoms. The molecular formula is C17H18ClN. The van der Waals surface area contributed by atoms with E-state index >= 15 is 0 Å². The van der Waals surface area contributed by atoms with Crippen LogP contribution in [-0.2, 0) is 13.0 Å². The van der Waals surface area contributed by atoms with E-state index in [2.05, 4.69) is 42.6 Å². The van der Waals surface area contributed by atoms with Gasteiger partial charge in [0, 0.05) is 17.6 Å². The van der Waals surface area contributed by atoms with E-state index in [4.69, 9.17) is 11.6 Å². The second kappa shape index (κ2) is 5.36. The van der Waals surface area contributed by atoms with Gasteiger partial charge in [0.2, 0.25) is 0 Å². The van der Waals surface area contributed by atoms with E-state index in [9.17, 15) is 0 Å². The van der Waals surface area contributed by atoms with Gasteiger partial charge < -0.3 is 5.32 Å². The van der Waals surface area contributed by atoms with Crippen molar-refractivity contribution in [3.63, 3.8) is 0 Å². The van der Waals surface area contributed by atoms with Crippen LogP contribution in [0.3, 0.4) is 0 Å². The SMILES string of the molecule is Cc1ccc2c(c1)C(NCc1ccc(Cl)cc1)CC2. The fourth-order valence-electron chi connectivity index (χ4n) is 2.78. The molecule has 0 saturated heterocycles. The van der Waals surface area contributed by atoms with Crippen molar-refractivity contribution in [3.05, 3.63) is 69.7 Å². The molecule has 0 radical (unpaired) electrons. The molecule has 0 amide bonds. The Morgan fingerprint density at radius 3 is 2.74 bits per heavy atom. The van der Waals surface area contributed by atoms with E-state index in [0.29, 0.717) is 6.04 Å². The minimum atomic E-state index is 0.491. The second-order valence-corrected chi connectivity index (χ2v) is 5.74. The Labute approximate surface area is 119 Å². The molecule has 0 fully saturated rings. The molecule has 0 aliphatic heterocycles. The molecule has 1 N–H and O–H groups in total. The lowest BCUT2D eigenvalue weighted by atomic mass is 10.0. The van der Waals surface area contributed by atoms with Crippen LogP contribution in [0.25, 0.3) is 0 Å². The molecule has 2 aromatic rings. The van der Waals surface area contributed by atoms with Crippen molar-refractivity contribution in [3.8, 4) is 0 Å². The normalized spacial score (nSPS) is 17.5. The van der Waals surface area contributed by atoms with Gasteiger partial charge in [0.05, 0.1) is 0 Å². The second-order valence-electron chi connectivity index (χ2n) is 5.30. The van der Waals surface area contributed by atoms with Crippen LogP contribution in [0.1, 0.15) is 34.7 Å². The molecular weight excluding hydrogens is 254 g/mol. The zero-order valence-electron chi connectivity index (χ0n) is 11.1. The Hall–Kier alpha value is -1.31. The molecule has 1 aliphatic carbocycles. The predicted molar refractivity (Wildman–Crippen MR) is 80.5 cm³/mol. The van der Waals surface area contributed by atoms with Crippen molar-refractivity contribution in [2.45, 2.75) is 32.4 Å². The van der Waals surface area contributed by atoms with Crippen molar-refractivity contribution >= 4 is 11.6 Å². The zero-order chi connectivity index (χ0) is 13.2. The molecule has 2 aromatic carbocycles. The highest BCUT2D eigenvalue weighted by Crippen LogP contribution is 2.31. The third-order valence-corrected chi connectivity index (χ3v) is 4.10. The fraction of sp³-hybridized carbons (Fsp3) is 0.294. The van der Waals surface area contributed by atoms with Crippen LogP contribution >= 0.6 is 11.6 Å². The van der Waals surface area contributed by atoms with E-state index in [0.717, 1.165) is 11.6 Å². The maximum atomic E-state index is 5.90. The lowest BCUT2D eigenvalue weighted by molar-refractivity contribution is 0.530. The lowest BCUT2D eigenvalue weighted by Crippen LogP contribution is -2.18. The summed E-state index contributed by atoms with van der Waals surface area (Å²) in [5.74, 6) is 0. The molecule has 2 heteroatoms. The number of aryl methyl sites for hydroxylation is 2. The summed E-state index contributed by atoms with van der Waals surface area (Å²) in [5.41, 5.74) is 5.61. The summed E-state index contributed by atoms with van der Waals surface area (Å²) in [6.45, 7) is 3.06. The summed E-state index contributed by atoms with van der Waals surface area (Å²) in [7, 11) is 0. The number of nitrogens with one attached hydrogen (secondary N) is 1. The van der Waals surface area contributed by atoms with Gasteiger partial charge >= 0.3 is 0 Å². The van der Waals surface area contributed by atoms with Gasteiger partial charge in [-0.3, -0.25) is 0 Å². The third-order valence-electron chi connectivity index (χ3n) is 3.84. The third kappa shape index (κ3) is 2.83. The number of benzene rings is 2. The van der Waals surface area contributed by atoms with Crippen LogP contribution in [0.5, 0.6) is 0 Å². The average molecular weight is 272 g/mol. The van der Waals surface area contributed by atoms with E-state index < -0.39 is 0 Å². The Balaban J connectivity index is 1.69. The van der Waals surface area contributed by atoms with Crippen LogP contribution in [0.2, 0.25) is 5.02 Å². The van der Waals surface area contributed by atoms with E-state index in [1.807, 2.05) is 12.1 Å². The van der Waals surface area contributed by atoms with Gasteiger partial charge in [0.1, 0.15) is 0 Å². The van der Waals surface area contributed by atoms with Crippen molar-refractivity contribution in [2.24, 2.45) is 0 Å². The van der Waals surface area contributed by atoms with Gasteiger partial charge in [-0.1, -0.05) is 47.5 Å².